The average Bonchev–Trinajstić information content (AvgIpc) is 2.62. The van der Waals surface area contributed by atoms with Crippen molar-refractivity contribution in [2.24, 2.45) is 0 Å². The van der Waals surface area contributed by atoms with E-state index in [1.807, 2.05) is 25.1 Å². The van der Waals surface area contributed by atoms with Crippen LogP contribution in [0.15, 0.2) is 18.2 Å². The maximum absolute atomic E-state index is 12.5. The molecule has 0 aromatic heterocycles. The summed E-state index contributed by atoms with van der Waals surface area (Å²) in [5.41, 5.74) is 2.53. The fourth-order valence-corrected chi connectivity index (χ4v) is 2.19. The maximum Gasteiger partial charge on any atom is 0.256 e. The van der Waals surface area contributed by atoms with E-state index in [1.165, 1.54) is 0 Å². The third-order valence-corrected chi connectivity index (χ3v) is 3.27. The predicted molar refractivity (Wildman–Crippen MR) is 74.3 cm³/mol. The van der Waals surface area contributed by atoms with Crippen molar-refractivity contribution in [1.82, 2.24) is 10.2 Å². The minimum absolute atomic E-state index is 0.00776. The zero-order valence-corrected chi connectivity index (χ0v) is 11.3. The number of amides is 2. The van der Waals surface area contributed by atoms with Crippen LogP contribution >= 0.6 is 0 Å². The number of hydrogen-bond donors (Lipinski definition) is 2. The minimum Gasteiger partial charge on any atom is -0.387 e. The number of nitrogens with one attached hydrogen (secondary N) is 2. The lowest BCUT2D eigenvalue weighted by molar-refractivity contribution is -0.120. The van der Waals surface area contributed by atoms with Crippen LogP contribution in [0.3, 0.4) is 0 Å². The fraction of sp³-hybridized carbons (Fsp3) is 0.429. The Morgan fingerprint density at radius 3 is 2.89 bits per heavy atom. The zero-order chi connectivity index (χ0) is 13.8. The summed E-state index contributed by atoms with van der Waals surface area (Å²) in [5.74, 6) is -0.0158. The molecule has 0 radical (unpaired) electrons. The van der Waals surface area contributed by atoms with Crippen LogP contribution < -0.4 is 10.6 Å². The first-order valence-electron chi connectivity index (χ1n) is 6.46. The summed E-state index contributed by atoms with van der Waals surface area (Å²) in [5, 5.41) is 5.81. The molecule has 0 aliphatic carbocycles. The first kappa shape index (κ1) is 13.4. The highest BCUT2D eigenvalue weighted by Crippen LogP contribution is 2.19. The molecule has 5 nitrogen and oxygen atoms in total. The van der Waals surface area contributed by atoms with E-state index in [0.29, 0.717) is 31.6 Å². The molecule has 1 fully saturated rings. The van der Waals surface area contributed by atoms with E-state index in [0.717, 1.165) is 11.3 Å². The minimum atomic E-state index is -0.0236. The second-order valence-corrected chi connectivity index (χ2v) is 4.69. The highest BCUT2D eigenvalue weighted by molar-refractivity contribution is 6.00. The Morgan fingerprint density at radius 2 is 2.16 bits per heavy atom. The lowest BCUT2D eigenvalue weighted by Gasteiger charge is -2.21. The van der Waals surface area contributed by atoms with E-state index in [-0.39, 0.29) is 11.8 Å². The van der Waals surface area contributed by atoms with Crippen molar-refractivity contribution in [3.63, 3.8) is 0 Å². The van der Waals surface area contributed by atoms with E-state index in [1.54, 1.807) is 11.9 Å². The van der Waals surface area contributed by atoms with Crippen LogP contribution in [0.25, 0.3) is 0 Å². The van der Waals surface area contributed by atoms with Crippen LogP contribution in [0.1, 0.15) is 22.3 Å². The van der Waals surface area contributed by atoms with Gasteiger partial charge >= 0.3 is 0 Å². The number of nitrogens with zero attached hydrogens (tertiary/aromatic N) is 1. The highest BCUT2D eigenvalue weighted by Gasteiger charge is 2.21. The van der Waals surface area contributed by atoms with Gasteiger partial charge in [-0.15, -0.1) is 0 Å². The van der Waals surface area contributed by atoms with Crippen LogP contribution in [0.2, 0.25) is 0 Å². The Morgan fingerprint density at radius 1 is 1.37 bits per heavy atom. The van der Waals surface area contributed by atoms with Gasteiger partial charge in [0.05, 0.1) is 5.56 Å². The third-order valence-electron chi connectivity index (χ3n) is 3.27. The van der Waals surface area contributed by atoms with Crippen molar-refractivity contribution in [2.45, 2.75) is 13.3 Å². The molecule has 5 heteroatoms. The van der Waals surface area contributed by atoms with Crippen molar-refractivity contribution in [3.8, 4) is 0 Å². The molecule has 2 N–H and O–H groups in total. The van der Waals surface area contributed by atoms with Gasteiger partial charge in [-0.3, -0.25) is 9.59 Å². The van der Waals surface area contributed by atoms with Crippen LogP contribution in [-0.2, 0) is 4.79 Å². The molecule has 1 aliphatic heterocycles. The molecule has 2 amide bonds. The molecule has 0 saturated carbocycles. The summed E-state index contributed by atoms with van der Waals surface area (Å²) in [7, 11) is 1.80. The van der Waals surface area contributed by atoms with E-state index < -0.39 is 0 Å². The number of carbonyl (C=O) groups excluding carboxylic acids is 2. The number of carbonyl (C=O) groups is 2. The smallest absolute Gasteiger partial charge is 0.256 e. The van der Waals surface area contributed by atoms with Gasteiger partial charge in [-0.25, -0.2) is 0 Å². The van der Waals surface area contributed by atoms with Crippen LogP contribution in [0, 0.1) is 6.92 Å². The number of benzene rings is 1. The van der Waals surface area contributed by atoms with Gasteiger partial charge in [0.25, 0.3) is 5.91 Å². The van der Waals surface area contributed by atoms with E-state index >= 15 is 0 Å². The van der Waals surface area contributed by atoms with Gasteiger partial charge in [-0.05, 0) is 19.1 Å². The van der Waals surface area contributed by atoms with Gasteiger partial charge in [0.2, 0.25) is 5.91 Å². The summed E-state index contributed by atoms with van der Waals surface area (Å²) in [4.78, 5) is 25.6. The Kier molecular flexibility index (Phi) is 4.04. The number of rotatable bonds is 2. The third kappa shape index (κ3) is 3.05. The molecule has 1 aliphatic rings. The van der Waals surface area contributed by atoms with Crippen molar-refractivity contribution in [3.05, 3.63) is 29.3 Å². The van der Waals surface area contributed by atoms with Gasteiger partial charge in [0.15, 0.2) is 0 Å². The molecule has 19 heavy (non-hydrogen) atoms. The molecular weight excluding hydrogens is 242 g/mol. The van der Waals surface area contributed by atoms with Crippen molar-refractivity contribution in [1.29, 1.82) is 0 Å². The highest BCUT2D eigenvalue weighted by atomic mass is 16.2. The van der Waals surface area contributed by atoms with E-state index in [9.17, 15) is 9.59 Å². The maximum atomic E-state index is 12.5. The van der Waals surface area contributed by atoms with Crippen molar-refractivity contribution < 1.29 is 9.59 Å². The number of aryl methyl sites for hydroxylation is 1. The average molecular weight is 261 g/mol. The largest absolute Gasteiger partial charge is 0.387 e. The van der Waals surface area contributed by atoms with Gasteiger partial charge in [0.1, 0.15) is 0 Å². The van der Waals surface area contributed by atoms with Crippen LogP contribution in [0.5, 0.6) is 0 Å². The quantitative estimate of drug-likeness (QED) is 0.835. The summed E-state index contributed by atoms with van der Waals surface area (Å²) in [6.45, 7) is 3.51. The van der Waals surface area contributed by atoms with Crippen molar-refractivity contribution in [2.75, 3.05) is 32.0 Å². The molecular formula is C14H19N3O2. The monoisotopic (exact) mass is 261 g/mol. The van der Waals surface area contributed by atoms with Gasteiger partial charge in [-0.1, -0.05) is 11.6 Å². The topological polar surface area (TPSA) is 61.4 Å². The summed E-state index contributed by atoms with van der Waals surface area (Å²) in [6.07, 6.45) is 0.368. The standard InChI is InChI=1S/C14H19N3O2/c1-10-3-4-12(15-2)11(9-10)14(19)17-7-5-13(18)16-6-8-17/h3-4,9,15H,5-8H2,1-2H3,(H,16,18). The Labute approximate surface area is 113 Å². The number of anilines is 1. The lowest BCUT2D eigenvalue weighted by Crippen LogP contribution is -2.34. The fourth-order valence-electron chi connectivity index (χ4n) is 2.19. The molecule has 2 rings (SSSR count). The molecule has 0 unspecified atom stereocenters. The molecule has 1 aromatic rings. The SMILES string of the molecule is CNc1ccc(C)cc1C(=O)N1CCNC(=O)CC1. The predicted octanol–water partition coefficient (Wildman–Crippen LogP) is 0.999. The van der Waals surface area contributed by atoms with Gasteiger partial charge in [-0.2, -0.15) is 0 Å². The van der Waals surface area contributed by atoms with E-state index in [2.05, 4.69) is 10.6 Å². The van der Waals surface area contributed by atoms with Crippen molar-refractivity contribution >= 4 is 17.5 Å². The zero-order valence-electron chi connectivity index (χ0n) is 11.3. The summed E-state index contributed by atoms with van der Waals surface area (Å²) >= 11 is 0. The van der Waals surface area contributed by atoms with Crippen LogP contribution in [0.4, 0.5) is 5.69 Å². The second-order valence-electron chi connectivity index (χ2n) is 4.69. The summed E-state index contributed by atoms with van der Waals surface area (Å²) in [6, 6.07) is 5.76. The van der Waals surface area contributed by atoms with E-state index in [4.69, 9.17) is 0 Å². The Hall–Kier alpha value is -2.04. The number of hydrogen-bond acceptors (Lipinski definition) is 3. The lowest BCUT2D eigenvalue weighted by atomic mass is 10.1. The molecule has 102 valence electrons. The summed E-state index contributed by atoms with van der Waals surface area (Å²) < 4.78 is 0. The molecule has 1 aromatic carbocycles. The van der Waals surface area contributed by atoms with Gasteiger partial charge in [0, 0.05) is 38.8 Å². The Balaban J connectivity index is 2.23. The van der Waals surface area contributed by atoms with Gasteiger partial charge < -0.3 is 15.5 Å². The van der Waals surface area contributed by atoms with Crippen LogP contribution in [-0.4, -0.2) is 43.4 Å². The molecule has 1 saturated heterocycles. The normalized spacial score (nSPS) is 15.7. The second kappa shape index (κ2) is 5.73. The molecule has 0 spiro atoms. The molecule has 0 bridgehead atoms. The first-order chi connectivity index (χ1) is 9.11. The first-order valence-corrected chi connectivity index (χ1v) is 6.46. The molecule has 0 atom stereocenters. The molecule has 1 heterocycles. The Bertz CT molecular complexity index is 499.